The van der Waals surface area contributed by atoms with Gasteiger partial charge in [0.05, 0.1) is 6.61 Å². The number of ketones is 1. The molecule has 0 spiro atoms. The summed E-state index contributed by atoms with van der Waals surface area (Å²) in [5, 5.41) is 0. The Kier molecular flexibility index (Phi) is 6.19. The van der Waals surface area contributed by atoms with Crippen LogP contribution >= 0.6 is 0 Å². The number of hydrogen-bond donors (Lipinski definition) is 0. The van der Waals surface area contributed by atoms with Gasteiger partial charge in [-0.05, 0) is 25.7 Å². The van der Waals surface area contributed by atoms with Gasteiger partial charge in [-0.3, -0.25) is 9.59 Å². The molecule has 4 heteroatoms. The van der Waals surface area contributed by atoms with Crippen LogP contribution < -0.4 is 0 Å². The summed E-state index contributed by atoms with van der Waals surface area (Å²) >= 11 is 0. The Balaban J connectivity index is 2.47. The molecular formula is C13H22O4. The van der Waals surface area contributed by atoms with Crippen LogP contribution in [0.1, 0.15) is 45.4 Å². The van der Waals surface area contributed by atoms with E-state index in [-0.39, 0.29) is 18.1 Å². The van der Waals surface area contributed by atoms with Crippen LogP contribution in [0.4, 0.5) is 0 Å². The molecule has 0 heterocycles. The topological polar surface area (TPSA) is 52.6 Å². The van der Waals surface area contributed by atoms with Gasteiger partial charge in [0, 0.05) is 7.11 Å². The van der Waals surface area contributed by atoms with Gasteiger partial charge in [-0.1, -0.05) is 19.3 Å². The number of ether oxygens (including phenoxy) is 2. The summed E-state index contributed by atoms with van der Waals surface area (Å²) in [6.07, 6.45) is 4.98. The lowest BCUT2D eigenvalue weighted by molar-refractivity contribution is -0.149. The second-order valence-corrected chi connectivity index (χ2v) is 4.50. The van der Waals surface area contributed by atoms with E-state index in [2.05, 4.69) is 0 Å². The average Bonchev–Trinajstić information content (AvgIpc) is 2.31. The van der Waals surface area contributed by atoms with Gasteiger partial charge in [0.15, 0.2) is 5.78 Å². The van der Waals surface area contributed by atoms with Crippen molar-refractivity contribution in [3.05, 3.63) is 0 Å². The molecule has 1 saturated carbocycles. The Hall–Kier alpha value is -0.900. The van der Waals surface area contributed by atoms with E-state index >= 15 is 0 Å². The molecule has 0 N–H and O–H groups in total. The third kappa shape index (κ3) is 4.46. The summed E-state index contributed by atoms with van der Waals surface area (Å²) in [5.74, 6) is -0.316. The molecule has 0 aromatic heterocycles. The first-order valence-electron chi connectivity index (χ1n) is 6.40. The van der Waals surface area contributed by atoms with Crippen molar-refractivity contribution in [3.63, 3.8) is 0 Å². The number of carbonyl (C=O) groups excluding carboxylic acids is 2. The minimum atomic E-state index is -0.449. The molecule has 1 aliphatic carbocycles. The predicted molar refractivity (Wildman–Crippen MR) is 63.6 cm³/mol. The fourth-order valence-electron chi connectivity index (χ4n) is 2.48. The zero-order valence-corrected chi connectivity index (χ0v) is 10.7. The van der Waals surface area contributed by atoms with E-state index in [0.717, 1.165) is 25.7 Å². The van der Waals surface area contributed by atoms with Gasteiger partial charge < -0.3 is 9.47 Å². The quantitative estimate of drug-likeness (QED) is 0.528. The highest BCUT2D eigenvalue weighted by atomic mass is 16.5. The van der Waals surface area contributed by atoms with Crippen LogP contribution in [0.2, 0.25) is 0 Å². The zero-order chi connectivity index (χ0) is 12.7. The maximum Gasteiger partial charge on any atom is 0.313 e. The third-order valence-corrected chi connectivity index (χ3v) is 3.27. The number of esters is 1. The van der Waals surface area contributed by atoms with E-state index in [1.807, 2.05) is 0 Å². The van der Waals surface area contributed by atoms with Crippen molar-refractivity contribution in [1.82, 2.24) is 0 Å². The van der Waals surface area contributed by atoms with Crippen LogP contribution in [0.25, 0.3) is 0 Å². The lowest BCUT2D eigenvalue weighted by Gasteiger charge is -2.27. The van der Waals surface area contributed by atoms with Crippen LogP contribution in [-0.4, -0.2) is 31.6 Å². The first-order valence-corrected chi connectivity index (χ1v) is 6.40. The molecule has 1 unspecified atom stereocenters. The van der Waals surface area contributed by atoms with Crippen LogP contribution in [0.3, 0.4) is 0 Å². The Morgan fingerprint density at radius 1 is 1.24 bits per heavy atom. The largest absolute Gasteiger partial charge is 0.466 e. The van der Waals surface area contributed by atoms with Crippen molar-refractivity contribution in [2.45, 2.75) is 51.6 Å². The maximum atomic E-state index is 11.9. The van der Waals surface area contributed by atoms with Crippen LogP contribution in [0, 0.1) is 5.92 Å². The maximum absolute atomic E-state index is 11.9. The van der Waals surface area contributed by atoms with Crippen LogP contribution in [0.5, 0.6) is 0 Å². The fraction of sp³-hybridized carbons (Fsp3) is 0.846. The number of rotatable bonds is 6. The highest BCUT2D eigenvalue weighted by molar-refractivity contribution is 5.98. The summed E-state index contributed by atoms with van der Waals surface area (Å²) in [4.78, 5) is 23.2. The molecule has 1 atom stereocenters. The summed E-state index contributed by atoms with van der Waals surface area (Å²) < 4.78 is 10.1. The molecular weight excluding hydrogens is 220 g/mol. The van der Waals surface area contributed by atoms with Gasteiger partial charge in [-0.25, -0.2) is 0 Å². The molecule has 1 rings (SSSR count). The van der Waals surface area contributed by atoms with Crippen molar-refractivity contribution in [1.29, 1.82) is 0 Å². The number of hydrogen-bond acceptors (Lipinski definition) is 4. The van der Waals surface area contributed by atoms with E-state index in [1.54, 1.807) is 14.0 Å². The summed E-state index contributed by atoms with van der Waals surface area (Å²) in [6, 6.07) is 0. The van der Waals surface area contributed by atoms with E-state index in [9.17, 15) is 9.59 Å². The predicted octanol–water partition coefficient (Wildman–Crippen LogP) is 2.10. The van der Waals surface area contributed by atoms with Crippen molar-refractivity contribution >= 4 is 11.8 Å². The Morgan fingerprint density at radius 2 is 1.88 bits per heavy atom. The van der Waals surface area contributed by atoms with E-state index < -0.39 is 12.1 Å². The van der Waals surface area contributed by atoms with Crippen molar-refractivity contribution in [2.24, 2.45) is 5.92 Å². The van der Waals surface area contributed by atoms with Crippen molar-refractivity contribution < 1.29 is 19.1 Å². The lowest BCUT2D eigenvalue weighted by Crippen LogP contribution is -2.34. The lowest BCUT2D eigenvalue weighted by atomic mass is 9.83. The molecule has 0 amide bonds. The fourth-order valence-corrected chi connectivity index (χ4v) is 2.48. The van der Waals surface area contributed by atoms with E-state index in [1.165, 1.54) is 6.42 Å². The Morgan fingerprint density at radius 3 is 2.41 bits per heavy atom. The van der Waals surface area contributed by atoms with Gasteiger partial charge in [0.1, 0.15) is 12.5 Å². The SMILES string of the molecule is CCOC(=O)CC(=O)C(OC)C1CCCCC1. The molecule has 17 heavy (non-hydrogen) atoms. The highest BCUT2D eigenvalue weighted by Crippen LogP contribution is 2.28. The minimum Gasteiger partial charge on any atom is -0.466 e. The average molecular weight is 242 g/mol. The highest BCUT2D eigenvalue weighted by Gasteiger charge is 2.30. The first kappa shape index (κ1) is 14.2. The van der Waals surface area contributed by atoms with Gasteiger partial charge in [-0.2, -0.15) is 0 Å². The van der Waals surface area contributed by atoms with Crippen LogP contribution in [-0.2, 0) is 19.1 Å². The number of methoxy groups -OCH3 is 1. The van der Waals surface area contributed by atoms with Gasteiger partial charge >= 0.3 is 5.97 Å². The molecule has 98 valence electrons. The van der Waals surface area contributed by atoms with Gasteiger partial charge in [0.2, 0.25) is 0 Å². The molecule has 0 radical (unpaired) electrons. The monoisotopic (exact) mass is 242 g/mol. The molecule has 4 nitrogen and oxygen atoms in total. The van der Waals surface area contributed by atoms with Crippen LogP contribution in [0.15, 0.2) is 0 Å². The molecule has 0 aromatic carbocycles. The normalized spacial score (nSPS) is 18.7. The second kappa shape index (κ2) is 7.43. The Labute approximate surface area is 103 Å². The smallest absolute Gasteiger partial charge is 0.313 e. The molecule has 0 bridgehead atoms. The summed E-state index contributed by atoms with van der Waals surface area (Å²) in [6.45, 7) is 2.05. The number of carbonyl (C=O) groups is 2. The molecule has 1 aliphatic rings. The Bertz CT molecular complexity index is 256. The second-order valence-electron chi connectivity index (χ2n) is 4.50. The summed E-state index contributed by atoms with van der Waals surface area (Å²) in [5.41, 5.74) is 0. The molecule has 0 saturated heterocycles. The molecule has 1 fully saturated rings. The zero-order valence-electron chi connectivity index (χ0n) is 10.7. The minimum absolute atomic E-state index is 0.141. The third-order valence-electron chi connectivity index (χ3n) is 3.27. The first-order chi connectivity index (χ1) is 8.19. The summed E-state index contributed by atoms with van der Waals surface area (Å²) in [7, 11) is 1.54. The van der Waals surface area contributed by atoms with Crippen molar-refractivity contribution in [2.75, 3.05) is 13.7 Å². The van der Waals surface area contributed by atoms with E-state index in [4.69, 9.17) is 9.47 Å². The van der Waals surface area contributed by atoms with Crippen molar-refractivity contribution in [3.8, 4) is 0 Å². The standard InChI is InChI=1S/C13H22O4/c1-3-17-12(15)9-11(14)13(16-2)10-7-5-4-6-8-10/h10,13H,3-9H2,1-2H3. The van der Waals surface area contributed by atoms with Gasteiger partial charge in [0.25, 0.3) is 0 Å². The molecule has 0 aliphatic heterocycles. The molecule has 0 aromatic rings. The number of Topliss-reactive ketones (excluding diaryl/α,β-unsaturated/α-hetero) is 1. The van der Waals surface area contributed by atoms with E-state index in [0.29, 0.717) is 6.61 Å². The van der Waals surface area contributed by atoms with Gasteiger partial charge in [-0.15, -0.1) is 0 Å².